The molecular weight excluding hydrogens is 322 g/mol. The van der Waals surface area contributed by atoms with Gasteiger partial charge in [-0.1, -0.05) is 13.3 Å². The van der Waals surface area contributed by atoms with Gasteiger partial charge in [0.25, 0.3) is 5.91 Å². The SMILES string of the molecule is CCCC1CCCCN1C(=O)c1cc(S)ccc1Br. The molecule has 1 fully saturated rings. The number of hydrogen-bond acceptors (Lipinski definition) is 2. The largest absolute Gasteiger partial charge is 0.336 e. The summed E-state index contributed by atoms with van der Waals surface area (Å²) in [4.78, 5) is 15.6. The Hall–Kier alpha value is -0.480. The second-order valence-electron chi connectivity index (χ2n) is 5.10. The molecule has 1 aliphatic heterocycles. The van der Waals surface area contributed by atoms with Crippen molar-refractivity contribution in [3.8, 4) is 0 Å². The van der Waals surface area contributed by atoms with Crippen molar-refractivity contribution in [1.82, 2.24) is 4.90 Å². The van der Waals surface area contributed by atoms with Crippen molar-refractivity contribution in [3.05, 3.63) is 28.2 Å². The van der Waals surface area contributed by atoms with Gasteiger partial charge in [-0.2, -0.15) is 0 Å². The van der Waals surface area contributed by atoms with Gasteiger partial charge < -0.3 is 4.90 Å². The molecule has 1 atom stereocenters. The summed E-state index contributed by atoms with van der Waals surface area (Å²) in [5.74, 6) is 0.140. The number of nitrogens with zero attached hydrogens (tertiary/aromatic N) is 1. The van der Waals surface area contributed by atoms with Crippen molar-refractivity contribution in [2.45, 2.75) is 50.0 Å². The molecule has 19 heavy (non-hydrogen) atoms. The van der Waals surface area contributed by atoms with Crippen molar-refractivity contribution in [3.63, 3.8) is 0 Å². The van der Waals surface area contributed by atoms with Crippen LogP contribution in [-0.2, 0) is 0 Å². The normalized spacial score (nSPS) is 19.5. The first-order valence-corrected chi connectivity index (χ1v) is 8.17. The van der Waals surface area contributed by atoms with Gasteiger partial charge in [-0.15, -0.1) is 12.6 Å². The minimum absolute atomic E-state index is 0.140. The van der Waals surface area contributed by atoms with Gasteiger partial charge in [0.2, 0.25) is 0 Å². The van der Waals surface area contributed by atoms with E-state index >= 15 is 0 Å². The summed E-state index contributed by atoms with van der Waals surface area (Å²) < 4.78 is 0.858. The van der Waals surface area contributed by atoms with E-state index in [0.717, 1.165) is 47.2 Å². The zero-order valence-electron chi connectivity index (χ0n) is 11.2. The van der Waals surface area contributed by atoms with Gasteiger partial charge in [-0.05, 0) is 59.8 Å². The Morgan fingerprint density at radius 1 is 1.47 bits per heavy atom. The smallest absolute Gasteiger partial charge is 0.255 e. The minimum atomic E-state index is 0.140. The van der Waals surface area contributed by atoms with Gasteiger partial charge in [-0.3, -0.25) is 4.79 Å². The number of likely N-dealkylation sites (tertiary alicyclic amines) is 1. The van der Waals surface area contributed by atoms with E-state index < -0.39 is 0 Å². The van der Waals surface area contributed by atoms with Crippen LogP contribution in [0.25, 0.3) is 0 Å². The number of halogens is 1. The number of piperidine rings is 1. The maximum atomic E-state index is 12.7. The first-order valence-electron chi connectivity index (χ1n) is 6.93. The Morgan fingerprint density at radius 2 is 2.26 bits per heavy atom. The fourth-order valence-electron chi connectivity index (χ4n) is 2.73. The third kappa shape index (κ3) is 3.54. The van der Waals surface area contributed by atoms with E-state index in [1.807, 2.05) is 18.2 Å². The summed E-state index contributed by atoms with van der Waals surface area (Å²) in [6.07, 6.45) is 5.72. The molecule has 0 radical (unpaired) electrons. The molecule has 0 aliphatic carbocycles. The zero-order chi connectivity index (χ0) is 13.8. The molecule has 1 aromatic rings. The van der Waals surface area contributed by atoms with Crippen LogP contribution in [0.15, 0.2) is 27.6 Å². The van der Waals surface area contributed by atoms with Gasteiger partial charge in [0.15, 0.2) is 0 Å². The monoisotopic (exact) mass is 341 g/mol. The van der Waals surface area contributed by atoms with E-state index in [9.17, 15) is 4.79 Å². The van der Waals surface area contributed by atoms with Gasteiger partial charge in [0.1, 0.15) is 0 Å². The Labute approximate surface area is 129 Å². The Balaban J connectivity index is 2.23. The number of benzene rings is 1. The van der Waals surface area contributed by atoms with Crippen LogP contribution in [0, 0.1) is 0 Å². The molecule has 4 heteroatoms. The molecule has 1 unspecified atom stereocenters. The van der Waals surface area contributed by atoms with Gasteiger partial charge in [0, 0.05) is 22.0 Å². The molecule has 1 aromatic carbocycles. The molecule has 0 aromatic heterocycles. The number of carbonyl (C=O) groups excluding carboxylic acids is 1. The average Bonchev–Trinajstić information content (AvgIpc) is 2.42. The standard InChI is InChI=1S/C15H20BrNOS/c1-2-5-11-6-3-4-9-17(11)15(18)13-10-12(19)7-8-14(13)16/h7-8,10-11,19H,2-6,9H2,1H3. The van der Waals surface area contributed by atoms with Crippen LogP contribution in [0.4, 0.5) is 0 Å². The van der Waals surface area contributed by atoms with Crippen molar-refractivity contribution in [2.24, 2.45) is 0 Å². The third-order valence-corrected chi connectivity index (χ3v) is 4.66. The Kier molecular flexibility index (Phi) is 5.34. The molecule has 0 bridgehead atoms. The number of thiol groups is 1. The Morgan fingerprint density at radius 3 is 3.00 bits per heavy atom. The van der Waals surface area contributed by atoms with Crippen LogP contribution in [0.1, 0.15) is 49.4 Å². The molecule has 1 amide bonds. The topological polar surface area (TPSA) is 20.3 Å². The van der Waals surface area contributed by atoms with Crippen LogP contribution in [0.5, 0.6) is 0 Å². The van der Waals surface area contributed by atoms with E-state index in [1.54, 1.807) is 0 Å². The molecule has 0 N–H and O–H groups in total. The quantitative estimate of drug-likeness (QED) is 0.800. The van der Waals surface area contributed by atoms with Crippen molar-refractivity contribution in [2.75, 3.05) is 6.54 Å². The third-order valence-electron chi connectivity index (χ3n) is 3.69. The van der Waals surface area contributed by atoms with Crippen LogP contribution in [0.3, 0.4) is 0 Å². The van der Waals surface area contributed by atoms with Crippen LogP contribution in [-0.4, -0.2) is 23.4 Å². The second kappa shape index (κ2) is 6.80. The highest BCUT2D eigenvalue weighted by molar-refractivity contribution is 9.10. The summed E-state index contributed by atoms with van der Waals surface area (Å²) in [7, 11) is 0. The van der Waals surface area contributed by atoms with E-state index in [0.29, 0.717) is 6.04 Å². The summed E-state index contributed by atoms with van der Waals surface area (Å²) >= 11 is 7.81. The van der Waals surface area contributed by atoms with Crippen LogP contribution < -0.4 is 0 Å². The molecular formula is C15H20BrNOS. The fraction of sp³-hybridized carbons (Fsp3) is 0.533. The number of carbonyl (C=O) groups is 1. The highest BCUT2D eigenvalue weighted by Crippen LogP contribution is 2.27. The van der Waals surface area contributed by atoms with Gasteiger partial charge >= 0.3 is 0 Å². The lowest BCUT2D eigenvalue weighted by Crippen LogP contribution is -2.43. The van der Waals surface area contributed by atoms with Crippen LogP contribution in [0.2, 0.25) is 0 Å². The fourth-order valence-corrected chi connectivity index (χ4v) is 3.35. The summed E-state index contributed by atoms with van der Waals surface area (Å²) in [6.45, 7) is 3.06. The summed E-state index contributed by atoms with van der Waals surface area (Å²) in [5.41, 5.74) is 0.732. The average molecular weight is 342 g/mol. The molecule has 104 valence electrons. The van der Waals surface area contributed by atoms with Gasteiger partial charge in [-0.25, -0.2) is 0 Å². The number of hydrogen-bond donors (Lipinski definition) is 1. The van der Waals surface area contributed by atoms with E-state index in [1.165, 1.54) is 6.42 Å². The van der Waals surface area contributed by atoms with Crippen molar-refractivity contribution in [1.29, 1.82) is 0 Å². The molecule has 0 saturated carbocycles. The highest BCUT2D eigenvalue weighted by atomic mass is 79.9. The molecule has 1 aliphatic rings. The van der Waals surface area contributed by atoms with Crippen molar-refractivity contribution < 1.29 is 4.79 Å². The lowest BCUT2D eigenvalue weighted by Gasteiger charge is -2.36. The maximum Gasteiger partial charge on any atom is 0.255 e. The lowest BCUT2D eigenvalue weighted by molar-refractivity contribution is 0.0599. The van der Waals surface area contributed by atoms with Crippen LogP contribution >= 0.6 is 28.6 Å². The maximum absolute atomic E-state index is 12.7. The minimum Gasteiger partial charge on any atom is -0.336 e. The van der Waals surface area contributed by atoms with E-state index in [-0.39, 0.29) is 5.91 Å². The first-order chi connectivity index (χ1) is 9.13. The Bertz CT molecular complexity index is 461. The molecule has 1 saturated heterocycles. The predicted molar refractivity (Wildman–Crippen MR) is 85.0 cm³/mol. The predicted octanol–water partition coefficient (Wildman–Crippen LogP) is 4.53. The number of rotatable bonds is 3. The van der Waals surface area contributed by atoms with E-state index in [4.69, 9.17) is 0 Å². The number of amides is 1. The summed E-state index contributed by atoms with van der Waals surface area (Å²) in [5, 5.41) is 0. The summed E-state index contributed by atoms with van der Waals surface area (Å²) in [6, 6.07) is 6.05. The van der Waals surface area contributed by atoms with Crippen molar-refractivity contribution >= 4 is 34.5 Å². The first kappa shape index (κ1) is 14.9. The van der Waals surface area contributed by atoms with Gasteiger partial charge in [0.05, 0.1) is 5.56 Å². The molecule has 1 heterocycles. The highest BCUT2D eigenvalue weighted by Gasteiger charge is 2.27. The molecule has 0 spiro atoms. The zero-order valence-corrected chi connectivity index (χ0v) is 13.7. The molecule has 2 nitrogen and oxygen atoms in total. The lowest BCUT2D eigenvalue weighted by atomic mass is 9.97. The second-order valence-corrected chi connectivity index (χ2v) is 6.47. The molecule has 2 rings (SSSR count). The van der Waals surface area contributed by atoms with E-state index in [2.05, 4.69) is 40.4 Å².